The van der Waals surface area contributed by atoms with E-state index in [1.807, 2.05) is 24.7 Å². The van der Waals surface area contributed by atoms with Crippen LogP contribution in [0.3, 0.4) is 0 Å². The molecule has 0 amide bonds. The van der Waals surface area contributed by atoms with Crippen molar-refractivity contribution in [1.29, 1.82) is 0 Å². The Kier molecular flexibility index (Phi) is 4.50. The summed E-state index contributed by atoms with van der Waals surface area (Å²) < 4.78 is 8.10. The average molecular weight is 265 g/mol. The minimum atomic E-state index is 0.0458. The molecule has 0 atom stereocenters. The predicted molar refractivity (Wildman–Crippen MR) is 77.5 cm³/mol. The van der Waals surface area contributed by atoms with Gasteiger partial charge in [-0.15, -0.1) is 0 Å². The van der Waals surface area contributed by atoms with Gasteiger partial charge in [-0.05, 0) is 51.6 Å². The molecule has 0 aromatic carbocycles. The summed E-state index contributed by atoms with van der Waals surface area (Å²) in [4.78, 5) is 0. The zero-order valence-corrected chi connectivity index (χ0v) is 12.7. The summed E-state index contributed by atoms with van der Waals surface area (Å²) in [6.07, 6.45) is 4.70. The Hall–Kier alpha value is -1.03. The maximum absolute atomic E-state index is 6.26. The highest BCUT2D eigenvalue weighted by molar-refractivity contribution is 5.16. The van der Waals surface area contributed by atoms with Gasteiger partial charge in [0.15, 0.2) is 0 Å². The van der Waals surface area contributed by atoms with Gasteiger partial charge in [-0.2, -0.15) is 5.10 Å². The van der Waals surface area contributed by atoms with Crippen molar-refractivity contribution in [2.45, 2.75) is 52.1 Å². The van der Waals surface area contributed by atoms with Crippen LogP contribution in [0.5, 0.6) is 5.88 Å². The molecular formula is C15H27N3O. The number of ether oxygens (including phenoxy) is 1. The first-order chi connectivity index (χ1) is 9.01. The molecule has 0 bridgehead atoms. The van der Waals surface area contributed by atoms with E-state index in [0.29, 0.717) is 5.92 Å². The van der Waals surface area contributed by atoms with Crippen LogP contribution in [0.25, 0.3) is 0 Å². The van der Waals surface area contributed by atoms with E-state index in [0.717, 1.165) is 31.1 Å². The molecule has 1 saturated carbocycles. The topological polar surface area (TPSA) is 39.1 Å². The number of rotatable bonds is 7. The van der Waals surface area contributed by atoms with Crippen LogP contribution < -0.4 is 10.1 Å². The van der Waals surface area contributed by atoms with E-state index in [-0.39, 0.29) is 5.60 Å². The number of nitrogens with zero attached hydrogens (tertiary/aromatic N) is 2. The van der Waals surface area contributed by atoms with E-state index < -0.39 is 0 Å². The largest absolute Gasteiger partial charge is 0.471 e. The first-order valence-electron chi connectivity index (χ1n) is 7.41. The van der Waals surface area contributed by atoms with Crippen LogP contribution in [-0.2, 0) is 7.05 Å². The van der Waals surface area contributed by atoms with E-state index in [2.05, 4.69) is 24.3 Å². The lowest BCUT2D eigenvalue weighted by Crippen LogP contribution is -2.46. The highest BCUT2D eigenvalue weighted by Gasteiger charge is 2.39. The Balaban J connectivity index is 1.86. The van der Waals surface area contributed by atoms with Crippen LogP contribution in [0.2, 0.25) is 0 Å². The fourth-order valence-corrected chi connectivity index (χ4v) is 2.59. The van der Waals surface area contributed by atoms with Crippen molar-refractivity contribution in [2.24, 2.45) is 13.0 Å². The monoisotopic (exact) mass is 265 g/mol. The summed E-state index contributed by atoms with van der Waals surface area (Å²) in [5.41, 5.74) is 1.06. The number of aromatic nitrogens is 2. The molecule has 4 heteroatoms. The van der Waals surface area contributed by atoms with Crippen molar-refractivity contribution in [1.82, 2.24) is 15.1 Å². The molecule has 1 aromatic rings. The number of hydrogen-bond donors (Lipinski definition) is 1. The molecule has 0 unspecified atom stereocenters. The van der Waals surface area contributed by atoms with Crippen LogP contribution in [0.15, 0.2) is 6.07 Å². The van der Waals surface area contributed by atoms with Gasteiger partial charge in [-0.3, -0.25) is 0 Å². The zero-order chi connectivity index (χ0) is 13.9. The van der Waals surface area contributed by atoms with E-state index in [1.54, 1.807) is 0 Å². The van der Waals surface area contributed by atoms with Crippen LogP contribution >= 0.6 is 0 Å². The predicted octanol–water partition coefficient (Wildman–Crippen LogP) is 2.67. The quantitative estimate of drug-likeness (QED) is 0.770. The molecule has 0 aliphatic heterocycles. The molecule has 1 aromatic heterocycles. The van der Waals surface area contributed by atoms with Crippen LogP contribution in [0.4, 0.5) is 0 Å². The van der Waals surface area contributed by atoms with Crippen molar-refractivity contribution >= 4 is 0 Å². The SMILES string of the molecule is Cc1cc(OC2(CCNCC(C)C)CCC2)n(C)n1. The van der Waals surface area contributed by atoms with Crippen molar-refractivity contribution in [3.05, 3.63) is 11.8 Å². The van der Waals surface area contributed by atoms with Crippen molar-refractivity contribution in [2.75, 3.05) is 13.1 Å². The second kappa shape index (κ2) is 5.95. The third kappa shape index (κ3) is 3.72. The summed E-state index contributed by atoms with van der Waals surface area (Å²) in [6.45, 7) is 8.60. The molecule has 0 radical (unpaired) electrons. The molecule has 0 spiro atoms. The van der Waals surface area contributed by atoms with Gasteiger partial charge in [0.2, 0.25) is 5.88 Å². The summed E-state index contributed by atoms with van der Waals surface area (Å²) >= 11 is 0. The van der Waals surface area contributed by atoms with Gasteiger partial charge in [-0.1, -0.05) is 13.8 Å². The zero-order valence-electron chi connectivity index (χ0n) is 12.7. The molecule has 2 rings (SSSR count). The number of hydrogen-bond acceptors (Lipinski definition) is 3. The van der Waals surface area contributed by atoms with Crippen LogP contribution in [-0.4, -0.2) is 28.5 Å². The smallest absolute Gasteiger partial charge is 0.212 e. The first-order valence-corrected chi connectivity index (χ1v) is 7.41. The van der Waals surface area contributed by atoms with E-state index in [4.69, 9.17) is 4.74 Å². The van der Waals surface area contributed by atoms with Crippen molar-refractivity contribution in [3.8, 4) is 5.88 Å². The lowest BCUT2D eigenvalue weighted by atomic mass is 9.77. The maximum atomic E-state index is 6.26. The Morgan fingerprint density at radius 2 is 2.21 bits per heavy atom. The highest BCUT2D eigenvalue weighted by Crippen LogP contribution is 2.39. The third-order valence-corrected chi connectivity index (χ3v) is 3.85. The molecule has 1 fully saturated rings. The summed E-state index contributed by atoms with van der Waals surface area (Å²) in [5.74, 6) is 1.61. The van der Waals surface area contributed by atoms with E-state index in [9.17, 15) is 0 Å². The lowest BCUT2D eigenvalue weighted by molar-refractivity contribution is -0.0210. The molecular weight excluding hydrogens is 238 g/mol. The van der Waals surface area contributed by atoms with Gasteiger partial charge >= 0.3 is 0 Å². The molecule has 1 aliphatic carbocycles. The number of nitrogens with one attached hydrogen (secondary N) is 1. The maximum Gasteiger partial charge on any atom is 0.212 e. The van der Waals surface area contributed by atoms with Gasteiger partial charge < -0.3 is 10.1 Å². The lowest BCUT2D eigenvalue weighted by Gasteiger charge is -2.41. The molecule has 0 saturated heterocycles. The van der Waals surface area contributed by atoms with Crippen LogP contribution in [0, 0.1) is 12.8 Å². The minimum absolute atomic E-state index is 0.0458. The van der Waals surface area contributed by atoms with E-state index in [1.165, 1.54) is 19.3 Å². The molecule has 19 heavy (non-hydrogen) atoms. The molecule has 4 nitrogen and oxygen atoms in total. The Labute approximate surface area is 116 Å². The third-order valence-electron chi connectivity index (χ3n) is 3.85. The minimum Gasteiger partial charge on any atom is -0.471 e. The second-order valence-corrected chi connectivity index (χ2v) is 6.23. The average Bonchev–Trinajstić information content (AvgIpc) is 2.59. The molecule has 1 N–H and O–H groups in total. The van der Waals surface area contributed by atoms with E-state index >= 15 is 0 Å². The van der Waals surface area contributed by atoms with Gasteiger partial charge in [0.25, 0.3) is 0 Å². The van der Waals surface area contributed by atoms with Gasteiger partial charge in [-0.25, -0.2) is 4.68 Å². The van der Waals surface area contributed by atoms with Gasteiger partial charge in [0, 0.05) is 13.1 Å². The number of aryl methyl sites for hydroxylation is 2. The summed E-state index contributed by atoms with van der Waals surface area (Å²) in [5, 5.41) is 7.86. The molecule has 1 aliphatic rings. The van der Waals surface area contributed by atoms with Gasteiger partial charge in [0.05, 0.1) is 5.69 Å². The molecule has 108 valence electrons. The highest BCUT2D eigenvalue weighted by atomic mass is 16.5. The van der Waals surface area contributed by atoms with Crippen molar-refractivity contribution < 1.29 is 4.74 Å². The summed E-state index contributed by atoms with van der Waals surface area (Å²) in [7, 11) is 1.95. The Bertz CT molecular complexity index is 408. The van der Waals surface area contributed by atoms with Crippen molar-refractivity contribution in [3.63, 3.8) is 0 Å². The second-order valence-electron chi connectivity index (χ2n) is 6.23. The Morgan fingerprint density at radius 1 is 1.47 bits per heavy atom. The van der Waals surface area contributed by atoms with Crippen LogP contribution in [0.1, 0.15) is 45.2 Å². The molecule has 1 heterocycles. The van der Waals surface area contributed by atoms with Gasteiger partial charge in [0.1, 0.15) is 5.60 Å². The Morgan fingerprint density at radius 3 is 2.68 bits per heavy atom. The normalized spacial score (nSPS) is 17.5. The fraction of sp³-hybridized carbons (Fsp3) is 0.800. The summed E-state index contributed by atoms with van der Waals surface area (Å²) in [6, 6.07) is 2.03. The first kappa shape index (κ1) is 14.4. The standard InChI is InChI=1S/C15H27N3O/c1-12(2)11-16-9-8-15(6-5-7-15)19-14-10-13(3)17-18(14)4/h10,12,16H,5-9,11H2,1-4H3. The fourth-order valence-electron chi connectivity index (χ4n) is 2.59.